The lowest BCUT2D eigenvalue weighted by Crippen LogP contribution is -2.05. The van der Waals surface area contributed by atoms with Crippen molar-refractivity contribution in [1.29, 1.82) is 0 Å². The summed E-state index contributed by atoms with van der Waals surface area (Å²) in [6.45, 7) is 0. The summed E-state index contributed by atoms with van der Waals surface area (Å²) in [6, 6.07) is 3.48. The zero-order valence-corrected chi connectivity index (χ0v) is 9.17. The molecule has 1 unspecified atom stereocenters. The SMILES string of the molecule is O=C(O)c1ccc(C2CCCCS2)nc1. The molecule has 1 N–H and O–H groups in total. The van der Waals surface area contributed by atoms with Crippen molar-refractivity contribution >= 4 is 17.7 Å². The molecule has 2 rings (SSSR count). The van der Waals surface area contributed by atoms with E-state index in [4.69, 9.17) is 5.11 Å². The Labute approximate surface area is 92.9 Å². The van der Waals surface area contributed by atoms with Crippen molar-refractivity contribution in [3.63, 3.8) is 0 Å². The molecule has 1 fully saturated rings. The van der Waals surface area contributed by atoms with Crippen LogP contribution < -0.4 is 0 Å². The lowest BCUT2D eigenvalue weighted by atomic mass is 10.1. The Bertz CT molecular complexity index is 344. The summed E-state index contributed by atoms with van der Waals surface area (Å²) < 4.78 is 0. The van der Waals surface area contributed by atoms with Crippen molar-refractivity contribution in [3.05, 3.63) is 29.6 Å². The van der Waals surface area contributed by atoms with Crippen LogP contribution >= 0.6 is 11.8 Å². The third kappa shape index (κ3) is 2.50. The fourth-order valence-electron chi connectivity index (χ4n) is 1.70. The molecule has 2 heterocycles. The number of rotatable bonds is 2. The van der Waals surface area contributed by atoms with E-state index in [0.29, 0.717) is 5.25 Å². The molecule has 0 radical (unpaired) electrons. The molecule has 3 nitrogen and oxygen atoms in total. The number of thioether (sulfide) groups is 1. The van der Waals surface area contributed by atoms with E-state index in [2.05, 4.69) is 4.98 Å². The van der Waals surface area contributed by atoms with Crippen LogP contribution in [0.1, 0.15) is 40.6 Å². The average Bonchev–Trinajstić information content (AvgIpc) is 2.30. The van der Waals surface area contributed by atoms with Crippen LogP contribution in [0.5, 0.6) is 0 Å². The highest BCUT2D eigenvalue weighted by atomic mass is 32.2. The minimum absolute atomic E-state index is 0.263. The topological polar surface area (TPSA) is 50.2 Å². The Kier molecular flexibility index (Phi) is 3.26. The first-order valence-corrected chi connectivity index (χ1v) is 6.13. The lowest BCUT2D eigenvalue weighted by Gasteiger charge is -2.20. The Morgan fingerprint density at radius 2 is 2.33 bits per heavy atom. The molecule has 0 aromatic carbocycles. The number of hydrogen-bond acceptors (Lipinski definition) is 3. The highest BCUT2D eigenvalue weighted by molar-refractivity contribution is 7.99. The zero-order chi connectivity index (χ0) is 10.7. The number of carboxylic acid groups (broad SMARTS) is 1. The molecular formula is C11H13NO2S. The number of hydrogen-bond donors (Lipinski definition) is 1. The third-order valence-corrected chi connectivity index (χ3v) is 3.95. The van der Waals surface area contributed by atoms with Crippen LogP contribution in [0.15, 0.2) is 18.3 Å². The van der Waals surface area contributed by atoms with Crippen LogP contribution in [0, 0.1) is 0 Å². The maximum absolute atomic E-state index is 10.6. The molecule has 0 spiro atoms. The lowest BCUT2D eigenvalue weighted by molar-refractivity contribution is 0.0696. The van der Waals surface area contributed by atoms with Crippen molar-refractivity contribution < 1.29 is 9.90 Å². The molecule has 4 heteroatoms. The van der Waals surface area contributed by atoms with E-state index in [0.717, 1.165) is 12.1 Å². The zero-order valence-electron chi connectivity index (χ0n) is 8.35. The molecule has 1 aliphatic heterocycles. The Hall–Kier alpha value is -1.03. The summed E-state index contributed by atoms with van der Waals surface area (Å²) in [5.74, 6) is 0.276. The van der Waals surface area contributed by atoms with Gasteiger partial charge in [0.15, 0.2) is 0 Å². The second kappa shape index (κ2) is 4.66. The summed E-state index contributed by atoms with van der Waals surface area (Å²) in [4.78, 5) is 14.9. The average molecular weight is 223 g/mol. The monoisotopic (exact) mass is 223 g/mol. The van der Waals surface area contributed by atoms with E-state index in [9.17, 15) is 4.79 Å². The quantitative estimate of drug-likeness (QED) is 0.837. The molecule has 0 amide bonds. The van der Waals surface area contributed by atoms with Gasteiger partial charge in [0, 0.05) is 11.4 Å². The fourth-order valence-corrected chi connectivity index (χ4v) is 3.00. The largest absolute Gasteiger partial charge is 0.478 e. The molecule has 80 valence electrons. The third-order valence-electron chi connectivity index (χ3n) is 2.54. The number of nitrogens with zero attached hydrogens (tertiary/aromatic N) is 1. The molecule has 15 heavy (non-hydrogen) atoms. The predicted octanol–water partition coefficient (Wildman–Crippen LogP) is 2.74. The van der Waals surface area contributed by atoms with E-state index in [-0.39, 0.29) is 5.56 Å². The predicted molar refractivity (Wildman–Crippen MR) is 60.2 cm³/mol. The van der Waals surface area contributed by atoms with Crippen LogP contribution in [0.25, 0.3) is 0 Å². The first-order chi connectivity index (χ1) is 7.27. The fraction of sp³-hybridized carbons (Fsp3) is 0.455. The molecule has 0 aliphatic carbocycles. The van der Waals surface area contributed by atoms with Gasteiger partial charge in [-0.25, -0.2) is 4.79 Å². The van der Waals surface area contributed by atoms with Gasteiger partial charge in [-0.1, -0.05) is 6.42 Å². The minimum atomic E-state index is -0.912. The maximum Gasteiger partial charge on any atom is 0.337 e. The minimum Gasteiger partial charge on any atom is -0.478 e. The van der Waals surface area contributed by atoms with Gasteiger partial charge in [0.05, 0.1) is 11.3 Å². The normalized spacial score (nSPS) is 21.2. The summed E-state index contributed by atoms with van der Waals surface area (Å²) in [6.07, 6.45) is 5.14. The first kappa shape index (κ1) is 10.5. The number of carbonyl (C=O) groups is 1. The highest BCUT2D eigenvalue weighted by Crippen LogP contribution is 2.37. The standard InChI is InChI=1S/C11H13NO2S/c13-11(14)8-4-5-9(12-7-8)10-3-1-2-6-15-10/h4-5,7,10H,1-3,6H2,(H,13,14). The smallest absolute Gasteiger partial charge is 0.337 e. The molecule has 1 aliphatic rings. The molecule has 1 aromatic rings. The number of carboxylic acids is 1. The second-order valence-electron chi connectivity index (χ2n) is 3.63. The van der Waals surface area contributed by atoms with E-state index in [1.54, 1.807) is 6.07 Å². The van der Waals surface area contributed by atoms with E-state index in [1.807, 2.05) is 17.8 Å². The summed E-state index contributed by atoms with van der Waals surface area (Å²) in [5, 5.41) is 9.20. The van der Waals surface area contributed by atoms with E-state index >= 15 is 0 Å². The number of aromatic nitrogens is 1. The summed E-state index contributed by atoms with van der Waals surface area (Å²) >= 11 is 1.92. The van der Waals surface area contributed by atoms with Gasteiger partial charge in [0.1, 0.15) is 0 Å². The Balaban J connectivity index is 2.11. The van der Waals surface area contributed by atoms with Crippen molar-refractivity contribution in [3.8, 4) is 0 Å². The van der Waals surface area contributed by atoms with Gasteiger partial charge in [-0.15, -0.1) is 0 Å². The van der Waals surface area contributed by atoms with Crippen molar-refractivity contribution in [2.75, 3.05) is 5.75 Å². The van der Waals surface area contributed by atoms with Crippen molar-refractivity contribution in [2.45, 2.75) is 24.5 Å². The van der Waals surface area contributed by atoms with Gasteiger partial charge in [-0.05, 0) is 30.7 Å². The van der Waals surface area contributed by atoms with Crippen molar-refractivity contribution in [1.82, 2.24) is 4.98 Å². The molecular weight excluding hydrogens is 210 g/mol. The van der Waals surface area contributed by atoms with Gasteiger partial charge in [-0.2, -0.15) is 11.8 Å². The Morgan fingerprint density at radius 3 is 2.87 bits per heavy atom. The van der Waals surface area contributed by atoms with Gasteiger partial charge < -0.3 is 5.11 Å². The van der Waals surface area contributed by atoms with Gasteiger partial charge in [0.2, 0.25) is 0 Å². The van der Waals surface area contributed by atoms with Crippen LogP contribution in [0.4, 0.5) is 0 Å². The second-order valence-corrected chi connectivity index (χ2v) is 4.94. The first-order valence-electron chi connectivity index (χ1n) is 5.08. The summed E-state index contributed by atoms with van der Waals surface area (Å²) in [5.41, 5.74) is 1.28. The van der Waals surface area contributed by atoms with Gasteiger partial charge in [0.25, 0.3) is 0 Å². The van der Waals surface area contributed by atoms with Gasteiger partial charge in [-0.3, -0.25) is 4.98 Å². The van der Waals surface area contributed by atoms with Crippen LogP contribution in [0.2, 0.25) is 0 Å². The molecule has 1 aromatic heterocycles. The number of pyridine rings is 1. The molecule has 1 saturated heterocycles. The van der Waals surface area contributed by atoms with Crippen LogP contribution in [-0.4, -0.2) is 21.8 Å². The Morgan fingerprint density at radius 1 is 1.47 bits per heavy atom. The highest BCUT2D eigenvalue weighted by Gasteiger charge is 2.17. The van der Waals surface area contributed by atoms with E-state index < -0.39 is 5.97 Å². The van der Waals surface area contributed by atoms with E-state index in [1.165, 1.54) is 24.8 Å². The van der Waals surface area contributed by atoms with Crippen molar-refractivity contribution in [2.24, 2.45) is 0 Å². The number of aromatic carboxylic acids is 1. The molecule has 0 saturated carbocycles. The van der Waals surface area contributed by atoms with Crippen LogP contribution in [-0.2, 0) is 0 Å². The van der Waals surface area contributed by atoms with Gasteiger partial charge >= 0.3 is 5.97 Å². The summed E-state index contributed by atoms with van der Waals surface area (Å²) in [7, 11) is 0. The molecule has 1 atom stereocenters. The maximum atomic E-state index is 10.6. The molecule has 0 bridgehead atoms. The van der Waals surface area contributed by atoms with Crippen LogP contribution in [0.3, 0.4) is 0 Å².